The second-order valence-corrected chi connectivity index (χ2v) is 7.01. The van der Waals surface area contributed by atoms with Gasteiger partial charge in [-0.05, 0) is 42.3 Å². The van der Waals surface area contributed by atoms with E-state index in [-0.39, 0.29) is 30.5 Å². The van der Waals surface area contributed by atoms with E-state index in [1.54, 1.807) is 6.07 Å². The molecule has 1 aliphatic rings. The van der Waals surface area contributed by atoms with Crippen LogP contribution in [0.4, 0.5) is 18.9 Å². The van der Waals surface area contributed by atoms with E-state index in [9.17, 15) is 13.2 Å². The van der Waals surface area contributed by atoms with Crippen molar-refractivity contribution in [3.8, 4) is 0 Å². The molecule has 1 fully saturated rings. The molecule has 2 aromatic rings. The first-order valence-corrected chi connectivity index (χ1v) is 10.1. The quantitative estimate of drug-likeness (QED) is 0.319. The molecule has 1 aliphatic heterocycles. The number of hydrogen-bond donors (Lipinski definition) is 2. The average Bonchev–Trinajstić information content (AvgIpc) is 2.76. The first-order valence-electron chi connectivity index (χ1n) is 10.1. The predicted molar refractivity (Wildman–Crippen MR) is 128 cm³/mol. The Morgan fingerprint density at radius 1 is 1.03 bits per heavy atom. The number of alkyl halides is 3. The van der Waals surface area contributed by atoms with Gasteiger partial charge in [-0.1, -0.05) is 24.3 Å². The smallest absolute Gasteiger partial charge is 0.378 e. The molecule has 31 heavy (non-hydrogen) atoms. The molecule has 0 atom stereocenters. The lowest BCUT2D eigenvalue weighted by Crippen LogP contribution is -2.37. The highest BCUT2D eigenvalue weighted by atomic mass is 127. The van der Waals surface area contributed by atoms with Gasteiger partial charge < -0.3 is 20.3 Å². The maximum absolute atomic E-state index is 12.9. The topological polar surface area (TPSA) is 48.9 Å². The van der Waals surface area contributed by atoms with Gasteiger partial charge in [-0.2, -0.15) is 13.2 Å². The standard InChI is InChI=1S/C22H27F3N4O.HI/c1-2-26-21(28-16-18-4-3-5-19(14-18)22(23,24)25)27-15-17-6-8-20(9-7-17)29-10-12-30-13-11-29;/h3-9,14H,2,10-13,15-16H2,1H3,(H2,26,27,28);1H. The maximum Gasteiger partial charge on any atom is 0.416 e. The zero-order chi connectivity index (χ0) is 21.4. The van der Waals surface area contributed by atoms with Crippen molar-refractivity contribution in [1.82, 2.24) is 10.6 Å². The van der Waals surface area contributed by atoms with E-state index in [1.807, 2.05) is 6.92 Å². The van der Waals surface area contributed by atoms with Gasteiger partial charge in [0, 0.05) is 31.9 Å². The Bertz CT molecular complexity index is 837. The van der Waals surface area contributed by atoms with E-state index in [2.05, 4.69) is 44.8 Å². The van der Waals surface area contributed by atoms with Crippen LogP contribution in [0.25, 0.3) is 0 Å². The lowest BCUT2D eigenvalue weighted by atomic mass is 10.1. The number of anilines is 1. The zero-order valence-electron chi connectivity index (χ0n) is 17.4. The molecule has 0 bridgehead atoms. The molecule has 0 amide bonds. The molecule has 0 unspecified atom stereocenters. The molecule has 0 spiro atoms. The minimum absolute atomic E-state index is 0. The number of aliphatic imine (C=N–C) groups is 1. The normalized spacial score (nSPS) is 14.7. The minimum Gasteiger partial charge on any atom is -0.378 e. The van der Waals surface area contributed by atoms with Gasteiger partial charge in [0.2, 0.25) is 0 Å². The van der Waals surface area contributed by atoms with Crippen molar-refractivity contribution in [2.45, 2.75) is 26.2 Å². The maximum atomic E-state index is 12.9. The third kappa shape index (κ3) is 7.88. The van der Waals surface area contributed by atoms with Crippen molar-refractivity contribution in [2.75, 3.05) is 37.7 Å². The van der Waals surface area contributed by atoms with Gasteiger partial charge in [0.15, 0.2) is 5.96 Å². The largest absolute Gasteiger partial charge is 0.416 e. The highest BCUT2D eigenvalue weighted by Gasteiger charge is 2.30. The molecule has 170 valence electrons. The van der Waals surface area contributed by atoms with E-state index < -0.39 is 11.7 Å². The number of ether oxygens (including phenoxy) is 1. The highest BCUT2D eigenvalue weighted by molar-refractivity contribution is 14.0. The zero-order valence-corrected chi connectivity index (χ0v) is 19.7. The minimum atomic E-state index is -4.35. The molecule has 0 saturated carbocycles. The summed E-state index contributed by atoms with van der Waals surface area (Å²) >= 11 is 0. The third-order valence-corrected chi connectivity index (χ3v) is 4.79. The average molecular weight is 548 g/mol. The fourth-order valence-corrected chi connectivity index (χ4v) is 3.19. The number of nitrogens with zero attached hydrogens (tertiary/aromatic N) is 2. The number of nitrogens with one attached hydrogen (secondary N) is 2. The highest BCUT2D eigenvalue weighted by Crippen LogP contribution is 2.29. The number of benzene rings is 2. The summed E-state index contributed by atoms with van der Waals surface area (Å²) in [5.74, 6) is 0.562. The van der Waals surface area contributed by atoms with Crippen LogP contribution in [0.5, 0.6) is 0 Å². The molecule has 2 N–H and O–H groups in total. The van der Waals surface area contributed by atoms with Gasteiger partial charge in [-0.3, -0.25) is 0 Å². The summed E-state index contributed by atoms with van der Waals surface area (Å²) in [4.78, 5) is 6.71. The lowest BCUT2D eigenvalue weighted by molar-refractivity contribution is -0.137. The number of hydrogen-bond acceptors (Lipinski definition) is 3. The summed E-state index contributed by atoms with van der Waals surface area (Å²) in [6.45, 7) is 6.61. The molecule has 3 rings (SSSR count). The molecule has 1 saturated heterocycles. The monoisotopic (exact) mass is 548 g/mol. The van der Waals surface area contributed by atoms with E-state index in [0.29, 0.717) is 24.6 Å². The predicted octanol–water partition coefficient (Wildman–Crippen LogP) is 4.42. The van der Waals surface area contributed by atoms with Gasteiger partial charge in [-0.25, -0.2) is 4.99 Å². The molecular formula is C22H28F3IN4O. The van der Waals surface area contributed by atoms with Gasteiger partial charge in [-0.15, -0.1) is 24.0 Å². The van der Waals surface area contributed by atoms with Crippen molar-refractivity contribution >= 4 is 35.6 Å². The van der Waals surface area contributed by atoms with Crippen molar-refractivity contribution in [2.24, 2.45) is 4.99 Å². The Labute approximate surface area is 198 Å². The van der Waals surface area contributed by atoms with Crippen molar-refractivity contribution in [1.29, 1.82) is 0 Å². The first-order chi connectivity index (χ1) is 14.5. The van der Waals surface area contributed by atoms with Gasteiger partial charge in [0.25, 0.3) is 0 Å². The van der Waals surface area contributed by atoms with Crippen LogP contribution in [0, 0.1) is 0 Å². The summed E-state index contributed by atoms with van der Waals surface area (Å²) in [6, 6.07) is 13.6. The number of morpholine rings is 1. The first kappa shape index (κ1) is 25.3. The Morgan fingerprint density at radius 3 is 2.39 bits per heavy atom. The molecular weight excluding hydrogens is 520 g/mol. The van der Waals surface area contributed by atoms with Gasteiger partial charge >= 0.3 is 6.18 Å². The summed E-state index contributed by atoms with van der Waals surface area (Å²) < 4.78 is 44.0. The van der Waals surface area contributed by atoms with Crippen LogP contribution in [0.2, 0.25) is 0 Å². The second kappa shape index (κ2) is 12.1. The summed E-state index contributed by atoms with van der Waals surface area (Å²) in [5.41, 5.74) is 2.12. The van der Waals surface area contributed by atoms with E-state index in [4.69, 9.17) is 4.74 Å². The second-order valence-electron chi connectivity index (χ2n) is 7.01. The number of guanidine groups is 1. The summed E-state index contributed by atoms with van der Waals surface area (Å²) in [5, 5.41) is 6.36. The van der Waals surface area contributed by atoms with E-state index in [0.717, 1.165) is 44.0 Å². The van der Waals surface area contributed by atoms with Crippen molar-refractivity contribution in [3.05, 3.63) is 65.2 Å². The SMILES string of the molecule is CCNC(=NCc1cccc(C(F)(F)F)c1)NCc1ccc(N2CCOCC2)cc1.I. The van der Waals surface area contributed by atoms with Crippen LogP contribution in [0.1, 0.15) is 23.6 Å². The lowest BCUT2D eigenvalue weighted by Gasteiger charge is -2.28. The molecule has 2 aromatic carbocycles. The Kier molecular flexibility index (Phi) is 9.89. The van der Waals surface area contributed by atoms with Crippen LogP contribution in [0.15, 0.2) is 53.5 Å². The molecule has 0 aromatic heterocycles. The van der Waals surface area contributed by atoms with Crippen LogP contribution in [-0.4, -0.2) is 38.8 Å². The molecule has 0 radical (unpaired) electrons. The fraction of sp³-hybridized carbons (Fsp3) is 0.409. The van der Waals surface area contributed by atoms with E-state index in [1.165, 1.54) is 11.8 Å². The Hall–Kier alpha value is -2.01. The number of rotatable bonds is 6. The fourth-order valence-electron chi connectivity index (χ4n) is 3.19. The number of halogens is 4. The van der Waals surface area contributed by atoms with Crippen LogP contribution in [-0.2, 0) is 24.0 Å². The van der Waals surface area contributed by atoms with Crippen molar-refractivity contribution < 1.29 is 17.9 Å². The van der Waals surface area contributed by atoms with Gasteiger partial charge in [0.1, 0.15) is 0 Å². The van der Waals surface area contributed by atoms with Crippen LogP contribution < -0.4 is 15.5 Å². The Balaban J connectivity index is 0.00000341. The van der Waals surface area contributed by atoms with Crippen LogP contribution >= 0.6 is 24.0 Å². The summed E-state index contributed by atoms with van der Waals surface area (Å²) in [6.07, 6.45) is -4.35. The van der Waals surface area contributed by atoms with E-state index >= 15 is 0 Å². The van der Waals surface area contributed by atoms with Crippen molar-refractivity contribution in [3.63, 3.8) is 0 Å². The molecule has 9 heteroatoms. The third-order valence-electron chi connectivity index (χ3n) is 4.79. The van der Waals surface area contributed by atoms with Gasteiger partial charge in [0.05, 0.1) is 25.3 Å². The Morgan fingerprint density at radius 2 is 1.74 bits per heavy atom. The van der Waals surface area contributed by atoms with Crippen LogP contribution in [0.3, 0.4) is 0 Å². The molecule has 5 nitrogen and oxygen atoms in total. The molecule has 1 heterocycles. The summed E-state index contributed by atoms with van der Waals surface area (Å²) in [7, 11) is 0. The molecule has 0 aliphatic carbocycles.